The number of carbonyl (C=O) groups is 6. The molecule has 0 heterocycles. The Kier molecular flexibility index (Phi) is 20.3. The molecule has 0 spiro atoms. The molecule has 14 nitrogen and oxygen atoms in total. The van der Waals surface area contributed by atoms with Crippen LogP contribution in [0.2, 0.25) is 0 Å². The van der Waals surface area contributed by atoms with E-state index in [1.165, 1.54) is 0 Å². The second kappa shape index (κ2) is 26.9. The van der Waals surface area contributed by atoms with Gasteiger partial charge in [-0.2, -0.15) is 0 Å². The molecule has 0 aromatic heterocycles. The Morgan fingerprint density at radius 1 is 0.405 bits per heavy atom. The van der Waals surface area contributed by atoms with Crippen LogP contribution in [0.1, 0.15) is 115 Å². The largest absolute Gasteiger partial charge is 0.451 e. The fraction of sp³-hybridized carbons (Fsp3) is 0.433. The molecule has 4 aromatic carbocycles. The van der Waals surface area contributed by atoms with Crippen LogP contribution in [0.5, 0.6) is 0 Å². The minimum atomic E-state index is -1.02. The van der Waals surface area contributed by atoms with Gasteiger partial charge in [0.25, 0.3) is 0 Å². The van der Waals surface area contributed by atoms with Crippen LogP contribution in [-0.4, -0.2) is 86.5 Å². The van der Waals surface area contributed by atoms with E-state index >= 15 is 0 Å². The minimum absolute atomic E-state index is 0.00646. The molecular weight excluding hydrogens is 937 g/mol. The highest BCUT2D eigenvalue weighted by atomic mass is 16.6. The molecule has 390 valence electrons. The molecule has 0 fully saturated rings. The van der Waals surface area contributed by atoms with E-state index in [2.05, 4.69) is 69.2 Å². The van der Waals surface area contributed by atoms with Crippen LogP contribution in [0.3, 0.4) is 0 Å². The number of carbonyl (C=O) groups excluding carboxylic acids is 6. The lowest BCUT2D eigenvalue weighted by molar-refractivity contribution is -0.147. The lowest BCUT2D eigenvalue weighted by Crippen LogP contribution is -2.52. The molecule has 0 saturated carbocycles. The molecule has 0 aliphatic heterocycles. The summed E-state index contributed by atoms with van der Waals surface area (Å²) in [5.74, 6) is 7.71. The van der Waals surface area contributed by atoms with Gasteiger partial charge in [-0.15, -0.1) is 0 Å². The lowest BCUT2D eigenvalue weighted by atomic mass is 9.98. The van der Waals surface area contributed by atoms with Gasteiger partial charge < -0.3 is 40.2 Å². The zero-order valence-electron chi connectivity index (χ0n) is 43.8. The fourth-order valence-corrected chi connectivity index (χ4v) is 9.46. The van der Waals surface area contributed by atoms with Crippen LogP contribution in [0, 0.1) is 47.4 Å². The molecule has 74 heavy (non-hydrogen) atoms. The summed E-state index contributed by atoms with van der Waals surface area (Å²) in [6, 6.07) is 28.1. The second-order valence-electron chi connectivity index (χ2n) is 20.5. The maximum atomic E-state index is 13.7. The van der Waals surface area contributed by atoms with E-state index < -0.39 is 60.1 Å². The van der Waals surface area contributed by atoms with Crippen molar-refractivity contribution < 1.29 is 47.7 Å². The Morgan fingerprint density at radius 2 is 0.689 bits per heavy atom. The van der Waals surface area contributed by atoms with Gasteiger partial charge in [-0.05, 0) is 118 Å². The Balaban J connectivity index is 0.961. The first-order valence-electron chi connectivity index (χ1n) is 25.6. The van der Waals surface area contributed by atoms with Gasteiger partial charge in [-0.1, -0.05) is 152 Å². The van der Waals surface area contributed by atoms with Crippen LogP contribution in [0.15, 0.2) is 97.1 Å². The van der Waals surface area contributed by atoms with E-state index in [1.54, 1.807) is 0 Å². The standard InChI is InChI=1S/C60H70N4O10/c1-37(2)31-51(63-59(69)73-35-49-45-25-15-11-21-41(45)42-22-12-16-26-46(42)49)55(65)61-53(33-39(5)6)57(67)71-29-19-9-10-20-30-72-58(68)54(34-40(7)8)62-56(66)52(32-38(3)4)64-60(70)74-36-50-47-27-17-13-23-43(47)44-24-14-18-28-48(44)50/h11-18,21-28,37-40,49-54H,29-36H2,1-8H3,(H,61,65)(H,62,66)(H,63,69)(H,64,70)/t51-,52-,53-,54-/m0/s1. The number of rotatable bonds is 22. The normalized spacial score (nSPS) is 13.8. The molecule has 4 aromatic rings. The molecule has 0 unspecified atom stereocenters. The topological polar surface area (TPSA) is 187 Å². The van der Waals surface area contributed by atoms with Gasteiger partial charge in [0.1, 0.15) is 37.4 Å². The fourth-order valence-electron chi connectivity index (χ4n) is 9.46. The van der Waals surface area contributed by atoms with Crippen molar-refractivity contribution in [3.05, 3.63) is 119 Å². The molecule has 6 rings (SSSR count). The van der Waals surface area contributed by atoms with Gasteiger partial charge >= 0.3 is 24.1 Å². The quantitative estimate of drug-likeness (QED) is 0.0336. The van der Waals surface area contributed by atoms with Gasteiger partial charge in [0.05, 0.1) is 0 Å². The summed E-state index contributed by atoms with van der Waals surface area (Å²) in [7, 11) is 0. The van der Waals surface area contributed by atoms with Crippen molar-refractivity contribution in [3.63, 3.8) is 0 Å². The van der Waals surface area contributed by atoms with Crippen molar-refractivity contribution in [1.29, 1.82) is 0 Å². The summed E-state index contributed by atoms with van der Waals surface area (Å²) >= 11 is 0. The number of esters is 2. The number of hydrogen-bond donors (Lipinski definition) is 4. The molecule has 4 atom stereocenters. The van der Waals surface area contributed by atoms with Gasteiger partial charge in [0, 0.05) is 11.8 Å². The number of ether oxygens (including phenoxy) is 4. The average molecular weight is 1010 g/mol. The lowest BCUT2D eigenvalue weighted by Gasteiger charge is -2.24. The van der Waals surface area contributed by atoms with Gasteiger partial charge in [0.2, 0.25) is 11.8 Å². The Morgan fingerprint density at radius 3 is 0.986 bits per heavy atom. The first-order chi connectivity index (χ1) is 35.5. The summed E-state index contributed by atoms with van der Waals surface area (Å²) in [5, 5.41) is 11.0. The first kappa shape index (κ1) is 55.7. The van der Waals surface area contributed by atoms with Gasteiger partial charge in [0.15, 0.2) is 13.2 Å². The van der Waals surface area contributed by atoms with Crippen LogP contribution in [0.4, 0.5) is 9.59 Å². The first-order valence-corrected chi connectivity index (χ1v) is 25.6. The van der Waals surface area contributed by atoms with E-state index in [1.807, 2.05) is 128 Å². The number of alkyl carbamates (subject to hydrolysis) is 2. The third kappa shape index (κ3) is 15.5. The highest BCUT2D eigenvalue weighted by Gasteiger charge is 2.34. The number of amides is 4. The van der Waals surface area contributed by atoms with Gasteiger partial charge in [-0.3, -0.25) is 9.59 Å². The number of nitrogens with one attached hydrogen (secondary N) is 4. The molecule has 0 saturated heterocycles. The molecule has 2 aliphatic rings. The van der Waals surface area contributed by atoms with Crippen molar-refractivity contribution in [2.24, 2.45) is 23.7 Å². The SMILES string of the molecule is CC(C)C[C@H](NC(=O)OCC1c2ccccc2-c2ccccc21)C(=O)N[C@@H](CC(C)C)C(=O)OCC#CC#CCOC(=O)[C@H](CC(C)C)NC(=O)[C@H](CC(C)C)NC(=O)OCC1c2ccccc2-c2ccccc21. The number of hydrogen-bond acceptors (Lipinski definition) is 10. The van der Waals surface area contributed by atoms with Crippen LogP contribution < -0.4 is 21.3 Å². The summed E-state index contributed by atoms with van der Waals surface area (Å²) in [6.07, 6.45) is -0.335. The summed E-state index contributed by atoms with van der Waals surface area (Å²) in [5.41, 5.74) is 8.67. The van der Waals surface area contributed by atoms with E-state index in [0.29, 0.717) is 12.8 Å². The summed E-state index contributed by atoms with van der Waals surface area (Å²) in [4.78, 5) is 80.4. The maximum Gasteiger partial charge on any atom is 0.407 e. The van der Waals surface area contributed by atoms with Crippen LogP contribution in [0.25, 0.3) is 22.3 Å². The predicted molar refractivity (Wildman–Crippen MR) is 283 cm³/mol. The zero-order chi connectivity index (χ0) is 53.3. The third-order valence-corrected chi connectivity index (χ3v) is 12.7. The van der Waals surface area contributed by atoms with E-state index in [0.717, 1.165) is 44.5 Å². The van der Waals surface area contributed by atoms with Gasteiger partial charge in [-0.25, -0.2) is 19.2 Å². The monoisotopic (exact) mass is 1010 g/mol. The van der Waals surface area contributed by atoms with Crippen molar-refractivity contribution in [2.45, 2.75) is 117 Å². The van der Waals surface area contributed by atoms with E-state index in [4.69, 9.17) is 18.9 Å². The molecule has 4 amide bonds. The molecular formula is C60H70N4O10. The Hall–Kier alpha value is -7.58. The smallest absolute Gasteiger partial charge is 0.407 e. The molecule has 2 aliphatic carbocycles. The minimum Gasteiger partial charge on any atom is -0.451 e. The summed E-state index contributed by atoms with van der Waals surface area (Å²) < 4.78 is 22.3. The molecule has 0 bridgehead atoms. The van der Waals surface area contributed by atoms with Crippen molar-refractivity contribution in [3.8, 4) is 45.9 Å². The number of benzene rings is 4. The number of fused-ring (bicyclic) bond motifs is 6. The predicted octanol–water partition coefficient (Wildman–Crippen LogP) is 9.05. The van der Waals surface area contributed by atoms with Crippen molar-refractivity contribution in [2.75, 3.05) is 26.4 Å². The van der Waals surface area contributed by atoms with E-state index in [-0.39, 0.29) is 74.8 Å². The molecule has 0 radical (unpaired) electrons. The second-order valence-corrected chi connectivity index (χ2v) is 20.5. The Bertz CT molecular complexity index is 2480. The third-order valence-electron chi connectivity index (χ3n) is 12.7. The maximum absolute atomic E-state index is 13.7. The summed E-state index contributed by atoms with van der Waals surface area (Å²) in [6.45, 7) is 14.9. The Labute approximate surface area is 435 Å². The van der Waals surface area contributed by atoms with Crippen LogP contribution in [-0.2, 0) is 38.1 Å². The van der Waals surface area contributed by atoms with Crippen LogP contribution >= 0.6 is 0 Å². The highest BCUT2D eigenvalue weighted by molar-refractivity contribution is 5.91. The zero-order valence-corrected chi connectivity index (χ0v) is 43.8. The highest BCUT2D eigenvalue weighted by Crippen LogP contribution is 2.45. The molecule has 4 N–H and O–H groups in total. The van der Waals surface area contributed by atoms with Crippen molar-refractivity contribution >= 4 is 35.9 Å². The van der Waals surface area contributed by atoms with Crippen molar-refractivity contribution in [1.82, 2.24) is 21.3 Å². The molecule has 14 heteroatoms. The van der Waals surface area contributed by atoms with E-state index in [9.17, 15) is 28.8 Å². The average Bonchev–Trinajstić information content (AvgIpc) is 3.86.